The highest BCUT2D eigenvalue weighted by Crippen LogP contribution is 2.23. The first-order valence-electron chi connectivity index (χ1n) is 7.10. The van der Waals surface area contributed by atoms with Crippen LogP contribution in [0.2, 0.25) is 0 Å². The monoisotopic (exact) mass is 311 g/mol. The quantitative estimate of drug-likeness (QED) is 0.721. The van der Waals surface area contributed by atoms with E-state index in [1.165, 1.54) is 18.2 Å². The lowest BCUT2D eigenvalue weighted by Gasteiger charge is -2.33. The molecule has 0 aliphatic heterocycles. The summed E-state index contributed by atoms with van der Waals surface area (Å²) in [5, 5.41) is 21.6. The molecule has 22 heavy (non-hydrogen) atoms. The molecule has 2 atom stereocenters. The second-order valence-corrected chi connectivity index (χ2v) is 5.97. The van der Waals surface area contributed by atoms with Crippen molar-refractivity contribution in [1.29, 1.82) is 0 Å². The fourth-order valence-electron chi connectivity index (χ4n) is 2.08. The number of nitrogens with one attached hydrogen (secondary N) is 1. The number of rotatable bonds is 7. The molecule has 5 nitrogen and oxygen atoms in total. The average Bonchev–Trinajstić information content (AvgIpc) is 2.37. The Bertz CT molecular complexity index is 547. The van der Waals surface area contributed by atoms with Gasteiger partial charge in [0, 0.05) is 5.54 Å². The number of halogens is 1. The summed E-state index contributed by atoms with van der Waals surface area (Å²) in [6.45, 7) is 5.27. The topological polar surface area (TPSA) is 86.6 Å². The molecule has 6 heteroatoms. The predicted molar refractivity (Wildman–Crippen MR) is 79.6 cm³/mol. The highest BCUT2D eigenvalue weighted by Gasteiger charge is 2.33. The van der Waals surface area contributed by atoms with Crippen LogP contribution >= 0.6 is 0 Å². The Kier molecular flexibility index (Phi) is 6.05. The molecule has 0 radical (unpaired) electrons. The third-order valence-corrected chi connectivity index (χ3v) is 3.83. The maximum atomic E-state index is 13.1. The van der Waals surface area contributed by atoms with E-state index in [-0.39, 0.29) is 18.8 Å². The van der Waals surface area contributed by atoms with Crippen LogP contribution in [0.4, 0.5) is 4.39 Å². The van der Waals surface area contributed by atoms with Gasteiger partial charge in [0.2, 0.25) is 5.91 Å². The zero-order chi connectivity index (χ0) is 16.9. The number of carboxylic acid groups (broad SMARTS) is 1. The van der Waals surface area contributed by atoms with Crippen LogP contribution in [-0.2, 0) is 9.59 Å². The van der Waals surface area contributed by atoms with Crippen LogP contribution in [0.15, 0.2) is 24.3 Å². The fourth-order valence-corrected chi connectivity index (χ4v) is 2.08. The van der Waals surface area contributed by atoms with Crippen LogP contribution in [0.1, 0.15) is 45.3 Å². The highest BCUT2D eigenvalue weighted by atomic mass is 19.1. The first-order chi connectivity index (χ1) is 10.1. The number of aliphatic hydroxyl groups is 1. The number of aliphatic hydroxyl groups excluding tert-OH is 1. The minimum absolute atomic E-state index is 0.0983. The van der Waals surface area contributed by atoms with Gasteiger partial charge in [-0.15, -0.1) is 0 Å². The Hall–Kier alpha value is -1.95. The van der Waals surface area contributed by atoms with Gasteiger partial charge in [0.1, 0.15) is 5.82 Å². The molecule has 0 heterocycles. The van der Waals surface area contributed by atoms with E-state index in [9.17, 15) is 19.1 Å². The van der Waals surface area contributed by atoms with E-state index in [4.69, 9.17) is 5.11 Å². The van der Waals surface area contributed by atoms with E-state index in [1.54, 1.807) is 6.92 Å². The largest absolute Gasteiger partial charge is 0.481 e. The average molecular weight is 311 g/mol. The number of amides is 1. The summed E-state index contributed by atoms with van der Waals surface area (Å²) in [5.74, 6) is -2.08. The summed E-state index contributed by atoms with van der Waals surface area (Å²) < 4.78 is 13.1. The van der Waals surface area contributed by atoms with E-state index in [1.807, 2.05) is 13.8 Å². The SMILES string of the molecule is CC(C)C(C)(CC(=O)O)NC(=O)CC(O)c1cccc(F)c1. The number of hydrogen-bond donors (Lipinski definition) is 3. The van der Waals surface area contributed by atoms with E-state index in [0.29, 0.717) is 5.56 Å². The van der Waals surface area contributed by atoms with Gasteiger partial charge < -0.3 is 15.5 Å². The summed E-state index contributed by atoms with van der Waals surface area (Å²) >= 11 is 0. The smallest absolute Gasteiger partial charge is 0.305 e. The zero-order valence-electron chi connectivity index (χ0n) is 13.0. The van der Waals surface area contributed by atoms with Gasteiger partial charge in [0.15, 0.2) is 0 Å². The van der Waals surface area contributed by atoms with Crippen molar-refractivity contribution < 1.29 is 24.2 Å². The Morgan fingerprint density at radius 2 is 2.00 bits per heavy atom. The normalized spacial score (nSPS) is 15.2. The van der Waals surface area contributed by atoms with Gasteiger partial charge in [-0.1, -0.05) is 26.0 Å². The van der Waals surface area contributed by atoms with Crippen molar-refractivity contribution in [2.24, 2.45) is 5.92 Å². The summed E-state index contributed by atoms with van der Waals surface area (Å²) in [6.07, 6.45) is -1.62. The lowest BCUT2D eigenvalue weighted by atomic mass is 9.85. The number of aliphatic carboxylic acids is 1. The molecule has 0 saturated carbocycles. The number of benzene rings is 1. The Morgan fingerprint density at radius 3 is 2.50 bits per heavy atom. The van der Waals surface area contributed by atoms with E-state index < -0.39 is 29.3 Å². The van der Waals surface area contributed by atoms with Crippen LogP contribution < -0.4 is 5.32 Å². The van der Waals surface area contributed by atoms with E-state index in [0.717, 1.165) is 6.07 Å². The van der Waals surface area contributed by atoms with Gasteiger partial charge in [-0.05, 0) is 30.5 Å². The number of carboxylic acids is 1. The van der Waals surface area contributed by atoms with Gasteiger partial charge in [-0.2, -0.15) is 0 Å². The molecular weight excluding hydrogens is 289 g/mol. The molecule has 122 valence electrons. The lowest BCUT2D eigenvalue weighted by molar-refractivity contribution is -0.139. The van der Waals surface area contributed by atoms with Crippen LogP contribution in [0.5, 0.6) is 0 Å². The second kappa shape index (κ2) is 7.35. The minimum Gasteiger partial charge on any atom is -0.481 e. The van der Waals surface area contributed by atoms with Gasteiger partial charge in [0.05, 0.1) is 18.9 Å². The maximum Gasteiger partial charge on any atom is 0.305 e. The van der Waals surface area contributed by atoms with Crippen molar-refractivity contribution in [2.45, 2.75) is 45.3 Å². The molecule has 0 spiro atoms. The summed E-state index contributed by atoms with van der Waals surface area (Å²) in [6, 6.07) is 5.39. The Balaban J connectivity index is 2.73. The first kappa shape index (κ1) is 18.1. The number of carbonyl (C=O) groups excluding carboxylic acids is 1. The standard InChI is InChI=1S/C16H22FNO4/c1-10(2)16(3,9-15(21)22)18-14(20)8-13(19)11-5-4-6-12(17)7-11/h4-7,10,13,19H,8-9H2,1-3H3,(H,18,20)(H,21,22). The van der Waals surface area contributed by atoms with Crippen LogP contribution in [0.25, 0.3) is 0 Å². The molecule has 1 amide bonds. The van der Waals surface area contributed by atoms with Gasteiger partial charge in [-0.3, -0.25) is 9.59 Å². The summed E-state index contributed by atoms with van der Waals surface area (Å²) in [4.78, 5) is 23.0. The van der Waals surface area contributed by atoms with Crippen molar-refractivity contribution in [2.75, 3.05) is 0 Å². The molecule has 1 aromatic carbocycles. The molecular formula is C16H22FNO4. The Morgan fingerprint density at radius 1 is 1.36 bits per heavy atom. The van der Waals surface area contributed by atoms with Crippen LogP contribution in [0.3, 0.4) is 0 Å². The predicted octanol–water partition coefficient (Wildman–Crippen LogP) is 2.25. The third-order valence-electron chi connectivity index (χ3n) is 3.83. The molecule has 0 fully saturated rings. The van der Waals surface area contributed by atoms with Gasteiger partial charge in [-0.25, -0.2) is 4.39 Å². The third kappa shape index (κ3) is 5.11. The molecule has 2 unspecified atom stereocenters. The highest BCUT2D eigenvalue weighted by molar-refractivity contribution is 5.79. The molecule has 3 N–H and O–H groups in total. The van der Waals surface area contributed by atoms with Crippen molar-refractivity contribution in [3.63, 3.8) is 0 Å². The fraction of sp³-hybridized carbons (Fsp3) is 0.500. The maximum absolute atomic E-state index is 13.1. The minimum atomic E-state index is -1.14. The number of hydrogen-bond acceptors (Lipinski definition) is 3. The van der Waals surface area contributed by atoms with Gasteiger partial charge in [0.25, 0.3) is 0 Å². The zero-order valence-corrected chi connectivity index (χ0v) is 13.0. The van der Waals surface area contributed by atoms with Crippen LogP contribution in [0, 0.1) is 11.7 Å². The van der Waals surface area contributed by atoms with E-state index in [2.05, 4.69) is 5.32 Å². The summed E-state index contributed by atoms with van der Waals surface area (Å²) in [7, 11) is 0. The first-order valence-corrected chi connectivity index (χ1v) is 7.10. The molecule has 1 aromatic rings. The molecule has 0 aromatic heterocycles. The molecule has 0 aliphatic carbocycles. The molecule has 1 rings (SSSR count). The van der Waals surface area contributed by atoms with Gasteiger partial charge >= 0.3 is 5.97 Å². The molecule has 0 saturated heterocycles. The van der Waals surface area contributed by atoms with E-state index >= 15 is 0 Å². The summed E-state index contributed by atoms with van der Waals surface area (Å²) in [5.41, 5.74) is -0.607. The number of carbonyl (C=O) groups is 2. The Labute approximate surface area is 129 Å². The molecule has 0 bridgehead atoms. The second-order valence-electron chi connectivity index (χ2n) is 5.97. The van der Waals surface area contributed by atoms with Crippen molar-refractivity contribution in [3.05, 3.63) is 35.6 Å². The van der Waals surface area contributed by atoms with Crippen molar-refractivity contribution in [3.8, 4) is 0 Å². The van der Waals surface area contributed by atoms with Crippen molar-refractivity contribution in [1.82, 2.24) is 5.32 Å². The molecule has 0 aliphatic rings. The lowest BCUT2D eigenvalue weighted by Crippen LogP contribution is -2.51. The van der Waals surface area contributed by atoms with Crippen LogP contribution in [-0.4, -0.2) is 27.6 Å². The van der Waals surface area contributed by atoms with Crippen molar-refractivity contribution >= 4 is 11.9 Å².